The summed E-state index contributed by atoms with van der Waals surface area (Å²) in [4.78, 5) is 2.33. The molecule has 2 rings (SSSR count). The highest BCUT2D eigenvalue weighted by molar-refractivity contribution is 5.34. The third kappa shape index (κ3) is 2.00. The van der Waals surface area contributed by atoms with E-state index < -0.39 is 0 Å². The molecule has 2 heteroatoms. The molecule has 2 aliphatic rings. The van der Waals surface area contributed by atoms with Gasteiger partial charge in [-0.05, 0) is 20.3 Å². The zero-order chi connectivity index (χ0) is 11.0. The van der Waals surface area contributed by atoms with Crippen molar-refractivity contribution in [3.05, 3.63) is 35.6 Å². The van der Waals surface area contributed by atoms with Gasteiger partial charge in [-0.25, -0.2) is 0 Å². The highest BCUT2D eigenvalue weighted by Gasteiger charge is 2.28. The van der Waals surface area contributed by atoms with Gasteiger partial charge in [0.1, 0.15) is 0 Å². The fourth-order valence-electron chi connectivity index (χ4n) is 2.42. The zero-order valence-electron chi connectivity index (χ0n) is 9.77. The van der Waals surface area contributed by atoms with Crippen LogP contribution in [-0.2, 0) is 0 Å². The van der Waals surface area contributed by atoms with Gasteiger partial charge in [-0.1, -0.05) is 29.9 Å². The van der Waals surface area contributed by atoms with Crippen molar-refractivity contribution in [1.29, 1.82) is 0 Å². The van der Waals surface area contributed by atoms with E-state index in [1.54, 1.807) is 0 Å². The summed E-state index contributed by atoms with van der Waals surface area (Å²) in [6.07, 6.45) is 10.2. The third-order valence-corrected chi connectivity index (χ3v) is 3.30. The maximum atomic E-state index is 5.81. The van der Waals surface area contributed by atoms with Crippen molar-refractivity contribution in [2.75, 3.05) is 7.05 Å². The number of likely N-dealkylation sites (N-methyl/N-ethyl adjacent to an activating group) is 1. The Labute approximate surface area is 92.1 Å². The summed E-state index contributed by atoms with van der Waals surface area (Å²) >= 11 is 0. The van der Waals surface area contributed by atoms with E-state index in [1.165, 1.54) is 11.3 Å². The van der Waals surface area contributed by atoms with E-state index in [1.807, 2.05) is 0 Å². The van der Waals surface area contributed by atoms with E-state index in [0.717, 1.165) is 6.42 Å². The normalized spacial score (nSPS) is 31.1. The highest BCUT2D eigenvalue weighted by Crippen LogP contribution is 2.32. The molecule has 0 aromatic heterocycles. The van der Waals surface area contributed by atoms with E-state index in [2.05, 4.69) is 50.1 Å². The molecule has 15 heavy (non-hydrogen) atoms. The predicted octanol–water partition coefficient (Wildman–Crippen LogP) is 2.05. The number of hydrogen-bond donors (Lipinski definition) is 1. The smallest absolute Gasteiger partial charge is 0.0568 e. The molecule has 1 aliphatic heterocycles. The summed E-state index contributed by atoms with van der Waals surface area (Å²) < 4.78 is 0. The number of allylic oxidation sites excluding steroid dienone is 2. The first-order chi connectivity index (χ1) is 7.08. The van der Waals surface area contributed by atoms with E-state index in [0.29, 0.717) is 12.0 Å². The Morgan fingerprint density at radius 2 is 2.20 bits per heavy atom. The molecule has 0 fully saturated rings. The Kier molecular flexibility index (Phi) is 2.70. The van der Waals surface area contributed by atoms with Crippen molar-refractivity contribution in [1.82, 2.24) is 4.90 Å². The molecule has 2 N–H and O–H groups in total. The van der Waals surface area contributed by atoms with Gasteiger partial charge in [0.15, 0.2) is 0 Å². The van der Waals surface area contributed by atoms with E-state index in [4.69, 9.17) is 5.73 Å². The van der Waals surface area contributed by atoms with Gasteiger partial charge in [0.2, 0.25) is 0 Å². The molecular formula is C13H20N2. The molecule has 0 spiro atoms. The molecule has 3 atom stereocenters. The second-order valence-corrected chi connectivity index (χ2v) is 4.77. The number of hydrogen-bond acceptors (Lipinski definition) is 2. The van der Waals surface area contributed by atoms with Crippen LogP contribution in [0, 0.1) is 5.92 Å². The first-order valence-electron chi connectivity index (χ1n) is 5.63. The molecule has 1 heterocycles. The lowest BCUT2D eigenvalue weighted by atomic mass is 9.90. The Morgan fingerprint density at radius 3 is 2.87 bits per heavy atom. The molecule has 0 aromatic carbocycles. The van der Waals surface area contributed by atoms with Crippen molar-refractivity contribution in [3.63, 3.8) is 0 Å². The largest absolute Gasteiger partial charge is 0.371 e. The maximum Gasteiger partial charge on any atom is 0.0568 e. The minimum absolute atomic E-state index is 0.252. The first-order valence-corrected chi connectivity index (χ1v) is 5.63. The van der Waals surface area contributed by atoms with Crippen LogP contribution in [0.5, 0.6) is 0 Å². The molecule has 0 radical (unpaired) electrons. The van der Waals surface area contributed by atoms with Crippen LogP contribution in [0.15, 0.2) is 35.6 Å². The molecular weight excluding hydrogens is 184 g/mol. The van der Waals surface area contributed by atoms with Crippen molar-refractivity contribution >= 4 is 0 Å². The van der Waals surface area contributed by atoms with E-state index in [-0.39, 0.29) is 6.04 Å². The summed E-state index contributed by atoms with van der Waals surface area (Å²) in [5, 5.41) is 0. The molecule has 0 saturated carbocycles. The van der Waals surface area contributed by atoms with Crippen molar-refractivity contribution in [3.8, 4) is 0 Å². The average molecular weight is 204 g/mol. The lowest BCUT2D eigenvalue weighted by Gasteiger charge is -2.27. The molecule has 0 aromatic rings. The fourth-order valence-corrected chi connectivity index (χ4v) is 2.42. The van der Waals surface area contributed by atoms with Crippen molar-refractivity contribution in [2.45, 2.75) is 32.4 Å². The Hall–Kier alpha value is -1.02. The predicted molar refractivity (Wildman–Crippen MR) is 64.3 cm³/mol. The molecule has 1 aliphatic carbocycles. The summed E-state index contributed by atoms with van der Waals surface area (Å²) in [7, 11) is 2.16. The summed E-state index contributed by atoms with van der Waals surface area (Å²) in [6, 6.07) is 0.781. The van der Waals surface area contributed by atoms with Crippen molar-refractivity contribution in [2.24, 2.45) is 11.7 Å². The molecule has 0 bridgehead atoms. The molecule has 2 nitrogen and oxygen atoms in total. The topological polar surface area (TPSA) is 29.3 Å². The lowest BCUT2D eigenvalue weighted by molar-refractivity contribution is 0.356. The molecule has 0 saturated heterocycles. The minimum atomic E-state index is 0.252. The SMILES string of the molecule is CC1=CC2C=C(CC(C)N)C=CC2N1C. The summed E-state index contributed by atoms with van der Waals surface area (Å²) in [6.45, 7) is 4.23. The number of nitrogens with zero attached hydrogens (tertiary/aromatic N) is 1. The van der Waals surface area contributed by atoms with Crippen LogP contribution in [0.4, 0.5) is 0 Å². The third-order valence-electron chi connectivity index (χ3n) is 3.30. The van der Waals surface area contributed by atoms with Gasteiger partial charge in [-0.3, -0.25) is 0 Å². The molecule has 82 valence electrons. The van der Waals surface area contributed by atoms with E-state index >= 15 is 0 Å². The van der Waals surface area contributed by atoms with Gasteiger partial charge in [0, 0.05) is 24.7 Å². The second-order valence-electron chi connectivity index (χ2n) is 4.77. The zero-order valence-corrected chi connectivity index (χ0v) is 9.77. The van der Waals surface area contributed by atoms with E-state index in [9.17, 15) is 0 Å². The highest BCUT2D eigenvalue weighted by atomic mass is 15.2. The molecule has 3 unspecified atom stereocenters. The van der Waals surface area contributed by atoms with Crippen LogP contribution in [0.1, 0.15) is 20.3 Å². The quantitative estimate of drug-likeness (QED) is 0.746. The Morgan fingerprint density at radius 1 is 1.47 bits per heavy atom. The average Bonchev–Trinajstić information content (AvgIpc) is 2.41. The summed E-state index contributed by atoms with van der Waals surface area (Å²) in [5.74, 6) is 0.550. The Bertz CT molecular complexity index is 336. The second kappa shape index (κ2) is 3.86. The maximum absolute atomic E-state index is 5.81. The standard InChI is InChI=1S/C13H20N2/c1-9(14)6-11-4-5-13-12(8-11)7-10(2)15(13)3/h4-5,7-9,12-13H,6,14H2,1-3H3. The number of rotatable bonds is 2. The summed E-state index contributed by atoms with van der Waals surface area (Å²) in [5.41, 5.74) is 8.56. The van der Waals surface area contributed by atoms with Gasteiger partial charge in [0.05, 0.1) is 6.04 Å². The van der Waals surface area contributed by atoms with Crippen LogP contribution in [0.2, 0.25) is 0 Å². The monoisotopic (exact) mass is 204 g/mol. The minimum Gasteiger partial charge on any atom is -0.371 e. The number of fused-ring (bicyclic) bond motifs is 1. The first kappa shape index (κ1) is 10.5. The fraction of sp³-hybridized carbons (Fsp3) is 0.538. The molecule has 0 amide bonds. The van der Waals surface area contributed by atoms with Gasteiger partial charge < -0.3 is 10.6 Å². The van der Waals surface area contributed by atoms with Crippen LogP contribution in [0.25, 0.3) is 0 Å². The Balaban J connectivity index is 2.14. The van der Waals surface area contributed by atoms with Gasteiger partial charge in [-0.15, -0.1) is 0 Å². The van der Waals surface area contributed by atoms with Crippen LogP contribution in [-0.4, -0.2) is 24.0 Å². The number of nitrogens with two attached hydrogens (primary N) is 1. The van der Waals surface area contributed by atoms with Crippen LogP contribution >= 0.6 is 0 Å². The lowest BCUT2D eigenvalue weighted by Crippen LogP contribution is -2.29. The van der Waals surface area contributed by atoms with Gasteiger partial charge in [0.25, 0.3) is 0 Å². The van der Waals surface area contributed by atoms with Crippen LogP contribution in [0.3, 0.4) is 0 Å². The van der Waals surface area contributed by atoms with Gasteiger partial charge >= 0.3 is 0 Å². The van der Waals surface area contributed by atoms with Gasteiger partial charge in [-0.2, -0.15) is 0 Å². The van der Waals surface area contributed by atoms with Crippen LogP contribution < -0.4 is 5.73 Å². The van der Waals surface area contributed by atoms with Crippen molar-refractivity contribution < 1.29 is 0 Å².